The van der Waals surface area contributed by atoms with Gasteiger partial charge in [0.2, 0.25) is 0 Å². The molecule has 0 radical (unpaired) electrons. The predicted octanol–water partition coefficient (Wildman–Crippen LogP) is 3.77. The van der Waals surface area contributed by atoms with Crippen LogP contribution in [0.15, 0.2) is 47.3 Å². The first kappa shape index (κ1) is 13.7. The van der Waals surface area contributed by atoms with Crippen LogP contribution in [-0.2, 0) is 0 Å². The first-order chi connectivity index (χ1) is 9.35. The summed E-state index contributed by atoms with van der Waals surface area (Å²) >= 11 is 0. The lowest BCUT2D eigenvalue weighted by Gasteiger charge is -2.17. The number of hydrogen-bond acceptors (Lipinski definition) is 3. The van der Waals surface area contributed by atoms with Gasteiger partial charge in [-0.25, -0.2) is 0 Å². The molecule has 1 aromatic carbocycles. The summed E-state index contributed by atoms with van der Waals surface area (Å²) in [7, 11) is 0. The van der Waals surface area contributed by atoms with Crippen molar-refractivity contribution in [3.8, 4) is 5.75 Å². The molecule has 2 rings (SSSR count). The lowest BCUT2D eigenvalue weighted by Crippen LogP contribution is -2.21. The van der Waals surface area contributed by atoms with Crippen molar-refractivity contribution in [2.75, 3.05) is 13.2 Å². The summed E-state index contributed by atoms with van der Waals surface area (Å²) in [6.07, 6.45) is 4.51. The van der Waals surface area contributed by atoms with Gasteiger partial charge in [-0.3, -0.25) is 0 Å². The van der Waals surface area contributed by atoms with Crippen LogP contribution in [0.2, 0.25) is 0 Å². The topological polar surface area (TPSA) is 34.4 Å². The van der Waals surface area contributed by atoms with Crippen molar-refractivity contribution >= 4 is 0 Å². The Morgan fingerprint density at radius 2 is 2.11 bits per heavy atom. The number of hydrogen-bond donors (Lipinski definition) is 1. The zero-order valence-electron chi connectivity index (χ0n) is 11.6. The van der Waals surface area contributed by atoms with E-state index in [9.17, 15) is 0 Å². The van der Waals surface area contributed by atoms with Gasteiger partial charge in [-0.05, 0) is 36.7 Å². The van der Waals surface area contributed by atoms with Crippen LogP contribution in [0.4, 0.5) is 0 Å². The Hall–Kier alpha value is -1.74. The molecule has 1 atom stereocenters. The summed E-state index contributed by atoms with van der Waals surface area (Å²) in [5, 5.41) is 3.47. The second kappa shape index (κ2) is 7.00. The number of furan rings is 1. The van der Waals surface area contributed by atoms with Gasteiger partial charge in [0.05, 0.1) is 25.2 Å². The van der Waals surface area contributed by atoms with Crippen LogP contribution in [0, 0.1) is 0 Å². The number of ether oxygens (including phenoxy) is 1. The van der Waals surface area contributed by atoms with Gasteiger partial charge in [-0.2, -0.15) is 0 Å². The van der Waals surface area contributed by atoms with Crippen LogP contribution >= 0.6 is 0 Å². The molecule has 0 aliphatic heterocycles. The molecule has 102 valence electrons. The summed E-state index contributed by atoms with van der Waals surface area (Å²) in [5.74, 6) is 0.922. The van der Waals surface area contributed by atoms with E-state index in [-0.39, 0.29) is 6.04 Å². The van der Waals surface area contributed by atoms with Gasteiger partial charge in [-0.15, -0.1) is 0 Å². The van der Waals surface area contributed by atoms with Gasteiger partial charge in [-0.1, -0.05) is 26.0 Å². The van der Waals surface area contributed by atoms with Crippen molar-refractivity contribution in [1.29, 1.82) is 0 Å². The normalized spacial score (nSPS) is 12.3. The van der Waals surface area contributed by atoms with Crippen molar-refractivity contribution in [2.24, 2.45) is 0 Å². The van der Waals surface area contributed by atoms with Crippen molar-refractivity contribution < 1.29 is 9.15 Å². The summed E-state index contributed by atoms with van der Waals surface area (Å²) in [6.45, 7) is 5.86. The minimum absolute atomic E-state index is 0.147. The number of benzene rings is 1. The van der Waals surface area contributed by atoms with Gasteiger partial charge < -0.3 is 14.5 Å². The van der Waals surface area contributed by atoms with Gasteiger partial charge >= 0.3 is 0 Å². The quantitative estimate of drug-likeness (QED) is 0.822. The van der Waals surface area contributed by atoms with E-state index in [1.807, 2.05) is 18.2 Å². The second-order valence-electron chi connectivity index (χ2n) is 4.47. The molecule has 0 fully saturated rings. The van der Waals surface area contributed by atoms with Crippen LogP contribution in [-0.4, -0.2) is 13.2 Å². The molecular formula is C16H21NO2. The molecule has 0 amide bonds. The van der Waals surface area contributed by atoms with E-state index < -0.39 is 0 Å². The fraction of sp³-hybridized carbons (Fsp3) is 0.375. The molecule has 2 aromatic rings. The van der Waals surface area contributed by atoms with Crippen LogP contribution in [0.5, 0.6) is 5.75 Å². The highest BCUT2D eigenvalue weighted by Gasteiger charge is 2.14. The molecule has 1 heterocycles. The third kappa shape index (κ3) is 3.61. The van der Waals surface area contributed by atoms with Gasteiger partial charge in [0.1, 0.15) is 5.75 Å². The SMILES string of the molecule is CCCOc1cccc(C(NCC)c2ccoc2)c1. The van der Waals surface area contributed by atoms with E-state index >= 15 is 0 Å². The molecular weight excluding hydrogens is 238 g/mol. The standard InChI is InChI=1S/C16H21NO2/c1-3-9-19-15-7-5-6-13(11-15)16(17-4-2)14-8-10-18-12-14/h5-8,10-12,16-17H,3-4,9H2,1-2H3. The second-order valence-corrected chi connectivity index (χ2v) is 4.47. The van der Waals surface area contributed by atoms with Crippen molar-refractivity contribution in [2.45, 2.75) is 26.3 Å². The fourth-order valence-corrected chi connectivity index (χ4v) is 2.08. The maximum absolute atomic E-state index is 5.69. The zero-order chi connectivity index (χ0) is 13.5. The Bertz CT molecular complexity index is 479. The van der Waals surface area contributed by atoms with Gasteiger partial charge in [0.15, 0.2) is 0 Å². The number of rotatable bonds is 7. The average molecular weight is 259 g/mol. The van der Waals surface area contributed by atoms with Crippen LogP contribution < -0.4 is 10.1 Å². The smallest absolute Gasteiger partial charge is 0.119 e. The van der Waals surface area contributed by atoms with E-state index in [1.54, 1.807) is 12.5 Å². The Morgan fingerprint density at radius 3 is 2.79 bits per heavy atom. The highest BCUT2D eigenvalue weighted by molar-refractivity contribution is 5.35. The van der Waals surface area contributed by atoms with Crippen LogP contribution in [0.25, 0.3) is 0 Å². The van der Waals surface area contributed by atoms with Gasteiger partial charge in [0.25, 0.3) is 0 Å². The highest BCUT2D eigenvalue weighted by Crippen LogP contribution is 2.25. The van der Waals surface area contributed by atoms with E-state index in [4.69, 9.17) is 9.15 Å². The van der Waals surface area contributed by atoms with Crippen molar-refractivity contribution in [3.05, 3.63) is 54.0 Å². The molecule has 0 saturated heterocycles. The molecule has 19 heavy (non-hydrogen) atoms. The van der Waals surface area contributed by atoms with E-state index in [2.05, 4.69) is 31.3 Å². The Balaban J connectivity index is 2.21. The molecule has 0 bridgehead atoms. The number of nitrogens with one attached hydrogen (secondary N) is 1. The molecule has 1 unspecified atom stereocenters. The molecule has 0 spiro atoms. The Morgan fingerprint density at radius 1 is 1.21 bits per heavy atom. The molecule has 0 saturated carbocycles. The molecule has 3 nitrogen and oxygen atoms in total. The average Bonchev–Trinajstić information content (AvgIpc) is 2.96. The maximum atomic E-state index is 5.69. The zero-order valence-corrected chi connectivity index (χ0v) is 11.6. The fourth-order valence-electron chi connectivity index (χ4n) is 2.08. The third-order valence-corrected chi connectivity index (χ3v) is 2.95. The van der Waals surface area contributed by atoms with E-state index in [0.29, 0.717) is 0 Å². The summed E-state index contributed by atoms with van der Waals surface area (Å²) < 4.78 is 10.9. The maximum Gasteiger partial charge on any atom is 0.119 e. The van der Waals surface area contributed by atoms with Crippen LogP contribution in [0.3, 0.4) is 0 Å². The molecule has 1 N–H and O–H groups in total. The van der Waals surface area contributed by atoms with Crippen LogP contribution in [0.1, 0.15) is 37.4 Å². The minimum atomic E-state index is 0.147. The largest absolute Gasteiger partial charge is 0.494 e. The Labute approximate surface area is 114 Å². The van der Waals surface area contributed by atoms with Gasteiger partial charge in [0, 0.05) is 5.56 Å². The molecule has 0 aliphatic rings. The first-order valence-corrected chi connectivity index (χ1v) is 6.83. The molecule has 3 heteroatoms. The first-order valence-electron chi connectivity index (χ1n) is 6.83. The monoisotopic (exact) mass is 259 g/mol. The molecule has 1 aromatic heterocycles. The van der Waals surface area contributed by atoms with Crippen molar-refractivity contribution in [1.82, 2.24) is 5.32 Å². The summed E-state index contributed by atoms with van der Waals surface area (Å²) in [4.78, 5) is 0. The predicted molar refractivity (Wildman–Crippen MR) is 76.5 cm³/mol. The van der Waals surface area contributed by atoms with E-state index in [1.165, 1.54) is 5.56 Å². The Kier molecular flexibility index (Phi) is 5.04. The minimum Gasteiger partial charge on any atom is -0.494 e. The third-order valence-electron chi connectivity index (χ3n) is 2.95. The van der Waals surface area contributed by atoms with E-state index in [0.717, 1.165) is 30.9 Å². The lowest BCUT2D eigenvalue weighted by molar-refractivity contribution is 0.317. The lowest BCUT2D eigenvalue weighted by atomic mass is 10.0. The molecule has 0 aliphatic carbocycles. The summed E-state index contributed by atoms with van der Waals surface area (Å²) in [5.41, 5.74) is 2.33. The van der Waals surface area contributed by atoms with Crippen molar-refractivity contribution in [3.63, 3.8) is 0 Å². The summed E-state index contributed by atoms with van der Waals surface area (Å²) in [6, 6.07) is 10.4. The highest BCUT2D eigenvalue weighted by atomic mass is 16.5.